The van der Waals surface area contributed by atoms with Gasteiger partial charge in [-0.3, -0.25) is 0 Å². The van der Waals surface area contributed by atoms with Crippen LogP contribution in [-0.2, 0) is 6.42 Å². The Hall–Kier alpha value is -0.360. The molecular formula is C14H21FINO. The number of benzene rings is 1. The summed E-state index contributed by atoms with van der Waals surface area (Å²) >= 11 is 2.30. The van der Waals surface area contributed by atoms with Crippen LogP contribution in [0.1, 0.15) is 32.3 Å². The molecule has 0 aromatic heterocycles. The summed E-state index contributed by atoms with van der Waals surface area (Å²) in [5.41, 5.74) is 7.24. The van der Waals surface area contributed by atoms with Crippen LogP contribution in [0.15, 0.2) is 18.2 Å². The minimum atomic E-state index is -0.467. The van der Waals surface area contributed by atoms with Crippen molar-refractivity contribution in [2.24, 2.45) is 5.73 Å². The predicted molar refractivity (Wildman–Crippen MR) is 81.8 cm³/mol. The first kappa shape index (κ1) is 15.7. The van der Waals surface area contributed by atoms with E-state index < -0.39 is 6.67 Å². The van der Waals surface area contributed by atoms with Gasteiger partial charge in [-0.05, 0) is 66.1 Å². The molecule has 0 heterocycles. The molecule has 102 valence electrons. The molecule has 1 atom stereocenters. The summed E-state index contributed by atoms with van der Waals surface area (Å²) < 4.78 is 18.6. The fraction of sp³-hybridized carbons (Fsp3) is 0.571. The fourth-order valence-corrected chi connectivity index (χ4v) is 2.55. The first-order chi connectivity index (χ1) is 8.48. The number of rotatable bonds is 7. The van der Waals surface area contributed by atoms with Crippen LogP contribution in [0.25, 0.3) is 0 Å². The van der Waals surface area contributed by atoms with Gasteiger partial charge in [0.1, 0.15) is 19.0 Å². The first-order valence-corrected chi connectivity index (χ1v) is 7.32. The third kappa shape index (κ3) is 5.10. The number of hydrogen-bond acceptors (Lipinski definition) is 2. The summed E-state index contributed by atoms with van der Waals surface area (Å²) in [6.45, 7) is 3.85. The third-order valence-electron chi connectivity index (χ3n) is 2.78. The van der Waals surface area contributed by atoms with E-state index in [0.29, 0.717) is 0 Å². The second-order valence-electron chi connectivity index (χ2n) is 4.87. The average molecular weight is 365 g/mol. The molecule has 1 aromatic carbocycles. The SMILES string of the molecule is CCCC(C)(N)Cc1cc(OCCF)ccc1I. The molecule has 0 aliphatic rings. The lowest BCUT2D eigenvalue weighted by Crippen LogP contribution is -2.38. The van der Waals surface area contributed by atoms with Crippen LogP contribution < -0.4 is 10.5 Å². The Morgan fingerprint density at radius 2 is 2.17 bits per heavy atom. The maximum Gasteiger partial charge on any atom is 0.123 e. The van der Waals surface area contributed by atoms with Crippen LogP contribution in [0.4, 0.5) is 4.39 Å². The average Bonchev–Trinajstić information content (AvgIpc) is 2.29. The highest BCUT2D eigenvalue weighted by Crippen LogP contribution is 2.24. The molecule has 0 bridgehead atoms. The van der Waals surface area contributed by atoms with E-state index in [4.69, 9.17) is 10.5 Å². The molecule has 0 saturated carbocycles. The van der Waals surface area contributed by atoms with Gasteiger partial charge in [0.2, 0.25) is 0 Å². The van der Waals surface area contributed by atoms with Gasteiger partial charge in [-0.1, -0.05) is 13.3 Å². The highest BCUT2D eigenvalue weighted by atomic mass is 127. The summed E-state index contributed by atoms with van der Waals surface area (Å²) in [6, 6.07) is 5.83. The Labute approximate surface area is 122 Å². The van der Waals surface area contributed by atoms with Crippen molar-refractivity contribution in [1.29, 1.82) is 0 Å². The molecule has 0 radical (unpaired) electrons. The van der Waals surface area contributed by atoms with Crippen molar-refractivity contribution in [1.82, 2.24) is 0 Å². The van der Waals surface area contributed by atoms with E-state index in [0.717, 1.165) is 25.0 Å². The van der Waals surface area contributed by atoms with Gasteiger partial charge in [-0.2, -0.15) is 0 Å². The minimum Gasteiger partial charge on any atom is -0.491 e. The van der Waals surface area contributed by atoms with E-state index >= 15 is 0 Å². The van der Waals surface area contributed by atoms with E-state index in [1.54, 1.807) is 0 Å². The summed E-state index contributed by atoms with van der Waals surface area (Å²) in [5, 5.41) is 0. The molecule has 0 saturated heterocycles. The van der Waals surface area contributed by atoms with Crippen molar-refractivity contribution in [2.75, 3.05) is 13.3 Å². The molecule has 4 heteroatoms. The van der Waals surface area contributed by atoms with E-state index in [1.165, 1.54) is 9.13 Å². The van der Waals surface area contributed by atoms with Gasteiger partial charge < -0.3 is 10.5 Å². The Morgan fingerprint density at radius 1 is 1.44 bits per heavy atom. The van der Waals surface area contributed by atoms with Crippen molar-refractivity contribution in [3.05, 3.63) is 27.3 Å². The topological polar surface area (TPSA) is 35.2 Å². The molecule has 2 N–H and O–H groups in total. The Kier molecular flexibility index (Phi) is 6.35. The summed E-state index contributed by atoms with van der Waals surface area (Å²) in [4.78, 5) is 0. The van der Waals surface area contributed by atoms with Crippen LogP contribution in [-0.4, -0.2) is 18.8 Å². The lowest BCUT2D eigenvalue weighted by molar-refractivity contribution is 0.273. The number of halogens is 2. The zero-order valence-electron chi connectivity index (χ0n) is 11.0. The van der Waals surface area contributed by atoms with Crippen molar-refractivity contribution in [3.63, 3.8) is 0 Å². The zero-order valence-corrected chi connectivity index (χ0v) is 13.2. The Balaban J connectivity index is 2.80. The van der Waals surface area contributed by atoms with Gasteiger partial charge in [-0.15, -0.1) is 0 Å². The number of ether oxygens (including phenoxy) is 1. The van der Waals surface area contributed by atoms with E-state index in [1.807, 2.05) is 18.2 Å². The molecule has 0 fully saturated rings. The van der Waals surface area contributed by atoms with Crippen LogP contribution in [0.5, 0.6) is 5.75 Å². The number of alkyl halides is 1. The molecule has 0 spiro atoms. The number of nitrogens with two attached hydrogens (primary N) is 1. The highest BCUT2D eigenvalue weighted by Gasteiger charge is 2.19. The van der Waals surface area contributed by atoms with Crippen molar-refractivity contribution in [3.8, 4) is 5.75 Å². The normalized spacial score (nSPS) is 14.3. The lowest BCUT2D eigenvalue weighted by Gasteiger charge is -2.25. The smallest absolute Gasteiger partial charge is 0.123 e. The summed E-state index contributed by atoms with van der Waals surface area (Å²) in [5.74, 6) is 0.718. The highest BCUT2D eigenvalue weighted by molar-refractivity contribution is 14.1. The lowest BCUT2D eigenvalue weighted by atomic mass is 9.89. The maximum atomic E-state index is 12.1. The van der Waals surface area contributed by atoms with Crippen LogP contribution >= 0.6 is 22.6 Å². The minimum absolute atomic E-state index is 0.106. The summed E-state index contributed by atoms with van der Waals surface area (Å²) in [6.07, 6.45) is 2.87. The molecule has 0 aliphatic carbocycles. The first-order valence-electron chi connectivity index (χ1n) is 6.24. The molecule has 1 unspecified atom stereocenters. The van der Waals surface area contributed by atoms with Crippen LogP contribution in [0.3, 0.4) is 0 Å². The standard InChI is InChI=1S/C14H21FINO/c1-3-6-14(2,17)10-11-9-12(18-8-7-15)4-5-13(11)16/h4-5,9H,3,6-8,10,17H2,1-2H3. The number of hydrogen-bond donors (Lipinski definition) is 1. The molecular weight excluding hydrogens is 344 g/mol. The van der Waals surface area contributed by atoms with Gasteiger partial charge >= 0.3 is 0 Å². The van der Waals surface area contributed by atoms with Crippen LogP contribution in [0, 0.1) is 3.57 Å². The van der Waals surface area contributed by atoms with E-state index in [-0.39, 0.29) is 12.1 Å². The Morgan fingerprint density at radius 3 is 2.78 bits per heavy atom. The molecule has 2 nitrogen and oxygen atoms in total. The van der Waals surface area contributed by atoms with Crippen molar-refractivity contribution in [2.45, 2.75) is 38.6 Å². The van der Waals surface area contributed by atoms with Gasteiger partial charge in [0, 0.05) is 9.11 Å². The third-order valence-corrected chi connectivity index (χ3v) is 3.83. The van der Waals surface area contributed by atoms with Gasteiger partial charge in [0.25, 0.3) is 0 Å². The zero-order chi connectivity index (χ0) is 13.6. The molecule has 0 amide bonds. The second kappa shape index (κ2) is 7.28. The molecule has 0 aliphatic heterocycles. The van der Waals surface area contributed by atoms with Crippen LogP contribution in [0.2, 0.25) is 0 Å². The predicted octanol–water partition coefficient (Wildman–Crippen LogP) is 3.70. The van der Waals surface area contributed by atoms with Gasteiger partial charge in [0.15, 0.2) is 0 Å². The van der Waals surface area contributed by atoms with Crippen molar-refractivity contribution >= 4 is 22.6 Å². The van der Waals surface area contributed by atoms with Crippen molar-refractivity contribution < 1.29 is 9.13 Å². The largest absolute Gasteiger partial charge is 0.491 e. The maximum absolute atomic E-state index is 12.1. The van der Waals surface area contributed by atoms with E-state index in [9.17, 15) is 4.39 Å². The van der Waals surface area contributed by atoms with Gasteiger partial charge in [-0.25, -0.2) is 4.39 Å². The second-order valence-corrected chi connectivity index (χ2v) is 6.03. The quantitative estimate of drug-likeness (QED) is 0.748. The van der Waals surface area contributed by atoms with E-state index in [2.05, 4.69) is 36.4 Å². The monoisotopic (exact) mass is 365 g/mol. The molecule has 1 rings (SSSR count). The molecule has 18 heavy (non-hydrogen) atoms. The summed E-state index contributed by atoms with van der Waals surface area (Å²) in [7, 11) is 0. The molecule has 1 aromatic rings. The Bertz CT molecular complexity index is 382. The fourth-order valence-electron chi connectivity index (χ4n) is 2.03. The van der Waals surface area contributed by atoms with Gasteiger partial charge in [0.05, 0.1) is 0 Å².